The predicted molar refractivity (Wildman–Crippen MR) is 85.2 cm³/mol. The Morgan fingerprint density at radius 1 is 1.12 bits per heavy atom. The lowest BCUT2D eigenvalue weighted by Crippen LogP contribution is -2.23. The van der Waals surface area contributed by atoms with Crippen LogP contribution in [0.15, 0.2) is 47.4 Å². The van der Waals surface area contributed by atoms with Crippen molar-refractivity contribution in [3.63, 3.8) is 0 Å². The summed E-state index contributed by atoms with van der Waals surface area (Å²) in [5.41, 5.74) is -5.69. The van der Waals surface area contributed by atoms with E-state index >= 15 is 0 Å². The summed E-state index contributed by atoms with van der Waals surface area (Å²) in [6, 6.07) is 9.59. The Labute approximate surface area is 140 Å². The van der Waals surface area contributed by atoms with E-state index in [9.17, 15) is 26.7 Å². The van der Waals surface area contributed by atoms with Crippen LogP contribution in [0.5, 0.6) is 11.5 Å². The van der Waals surface area contributed by atoms with Crippen LogP contribution in [0.2, 0.25) is 0 Å². The number of aromatic hydroxyl groups is 1. The third-order valence-electron chi connectivity index (χ3n) is 3.71. The van der Waals surface area contributed by atoms with Gasteiger partial charge < -0.3 is 14.8 Å². The fraction of sp³-hybridized carbons (Fsp3) is 0.125. The van der Waals surface area contributed by atoms with Gasteiger partial charge in [0.05, 0.1) is 12.8 Å². The van der Waals surface area contributed by atoms with E-state index in [4.69, 9.17) is 4.74 Å². The Balaban J connectivity index is 2.39. The lowest BCUT2D eigenvalue weighted by Gasteiger charge is -2.11. The number of alkyl halides is 3. The molecule has 0 amide bonds. The average molecular weight is 371 g/mol. The van der Waals surface area contributed by atoms with Crippen molar-refractivity contribution in [3.05, 3.63) is 42.5 Å². The molecule has 1 heterocycles. The van der Waals surface area contributed by atoms with E-state index in [1.807, 2.05) is 0 Å². The van der Waals surface area contributed by atoms with Gasteiger partial charge >= 0.3 is 5.51 Å². The second-order valence-electron chi connectivity index (χ2n) is 5.21. The Hall–Kier alpha value is -2.68. The van der Waals surface area contributed by atoms with Gasteiger partial charge in [-0.15, -0.1) is 0 Å². The van der Waals surface area contributed by atoms with Crippen LogP contribution in [0, 0.1) is 0 Å². The molecule has 0 fully saturated rings. The maximum absolute atomic E-state index is 13.2. The molecule has 0 aliphatic heterocycles. The molecule has 3 rings (SSSR count). The van der Waals surface area contributed by atoms with Gasteiger partial charge in [-0.3, -0.25) is 0 Å². The molecule has 0 atom stereocenters. The Morgan fingerprint density at radius 3 is 2.40 bits per heavy atom. The number of phenols is 1. The van der Waals surface area contributed by atoms with Crippen molar-refractivity contribution in [2.24, 2.45) is 0 Å². The summed E-state index contributed by atoms with van der Waals surface area (Å²) in [6.45, 7) is 0. The number of phenolic OH excluding ortho intramolecular Hbond substituents is 1. The minimum atomic E-state index is -5.64. The summed E-state index contributed by atoms with van der Waals surface area (Å²) in [5.74, 6) is -0.137. The Morgan fingerprint density at radius 2 is 1.80 bits per heavy atom. The molecule has 1 aromatic heterocycles. The minimum absolute atomic E-state index is 0.0835. The van der Waals surface area contributed by atoms with E-state index < -0.39 is 26.0 Å². The smallest absolute Gasteiger partial charge is 0.502 e. The molecule has 132 valence electrons. The molecule has 3 aromatic rings. The molecule has 0 spiro atoms. The quantitative estimate of drug-likeness (QED) is 0.733. The second kappa shape index (κ2) is 5.69. The summed E-state index contributed by atoms with van der Waals surface area (Å²) in [5, 5.41) is 10.0. The average Bonchev–Trinajstić information content (AvgIpc) is 2.93. The van der Waals surface area contributed by atoms with Crippen molar-refractivity contribution in [2.75, 3.05) is 7.11 Å². The first-order chi connectivity index (χ1) is 11.7. The van der Waals surface area contributed by atoms with Gasteiger partial charge in [-0.2, -0.15) is 13.2 Å². The van der Waals surface area contributed by atoms with Crippen molar-refractivity contribution in [1.29, 1.82) is 0 Å². The third kappa shape index (κ3) is 2.70. The van der Waals surface area contributed by atoms with E-state index in [0.29, 0.717) is 0 Å². The number of methoxy groups -OCH3 is 1. The third-order valence-corrected chi connectivity index (χ3v) is 5.28. The molecule has 0 aliphatic carbocycles. The second-order valence-corrected chi connectivity index (χ2v) is 7.08. The SMILES string of the molecule is COc1ccc(-c2[nH]c3ccccc3c2S(=O)(=O)C(F)(F)F)c(O)c1. The zero-order chi connectivity index (χ0) is 18.4. The fourth-order valence-corrected chi connectivity index (χ4v) is 3.68. The van der Waals surface area contributed by atoms with E-state index in [-0.39, 0.29) is 27.9 Å². The number of H-pyrrole nitrogens is 1. The normalized spacial score (nSPS) is 12.5. The number of hydrogen-bond donors (Lipinski definition) is 2. The highest BCUT2D eigenvalue weighted by Crippen LogP contribution is 2.43. The first kappa shape index (κ1) is 17.2. The van der Waals surface area contributed by atoms with Gasteiger partial charge in [0.1, 0.15) is 16.4 Å². The van der Waals surface area contributed by atoms with E-state index in [0.717, 1.165) is 0 Å². The summed E-state index contributed by atoms with van der Waals surface area (Å²) in [7, 11) is -4.29. The number of benzene rings is 2. The molecular formula is C16H12F3NO4S. The Kier molecular flexibility index (Phi) is 3.91. The highest BCUT2D eigenvalue weighted by molar-refractivity contribution is 7.92. The largest absolute Gasteiger partial charge is 0.507 e. The monoisotopic (exact) mass is 371 g/mol. The molecule has 5 nitrogen and oxygen atoms in total. The maximum Gasteiger partial charge on any atom is 0.502 e. The van der Waals surface area contributed by atoms with Crippen LogP contribution < -0.4 is 4.74 Å². The van der Waals surface area contributed by atoms with E-state index in [2.05, 4.69) is 4.98 Å². The zero-order valence-corrected chi connectivity index (χ0v) is 13.6. The minimum Gasteiger partial charge on any atom is -0.507 e. The number of aromatic amines is 1. The molecule has 0 aliphatic rings. The molecule has 9 heteroatoms. The topological polar surface area (TPSA) is 79.4 Å². The summed E-state index contributed by atoms with van der Waals surface area (Å²) in [4.78, 5) is 1.74. The number of aromatic nitrogens is 1. The number of fused-ring (bicyclic) bond motifs is 1. The molecule has 0 unspecified atom stereocenters. The molecule has 25 heavy (non-hydrogen) atoms. The van der Waals surface area contributed by atoms with Gasteiger partial charge in [0.15, 0.2) is 0 Å². The number of para-hydroxylation sites is 1. The number of halogens is 3. The van der Waals surface area contributed by atoms with E-state index in [1.54, 1.807) is 6.07 Å². The van der Waals surface area contributed by atoms with E-state index in [1.165, 1.54) is 43.5 Å². The lowest BCUT2D eigenvalue weighted by molar-refractivity contribution is -0.0435. The maximum atomic E-state index is 13.2. The molecule has 0 bridgehead atoms. The van der Waals surface area contributed by atoms with Crippen molar-refractivity contribution < 1.29 is 31.4 Å². The van der Waals surface area contributed by atoms with Gasteiger partial charge in [-0.25, -0.2) is 8.42 Å². The number of sulfone groups is 1. The van der Waals surface area contributed by atoms with Crippen molar-refractivity contribution in [3.8, 4) is 22.8 Å². The lowest BCUT2D eigenvalue weighted by atomic mass is 10.1. The van der Waals surface area contributed by atoms with Gasteiger partial charge in [-0.1, -0.05) is 18.2 Å². The van der Waals surface area contributed by atoms with Crippen LogP contribution in [0.4, 0.5) is 13.2 Å². The number of nitrogens with one attached hydrogen (secondary N) is 1. The number of rotatable bonds is 3. The van der Waals surface area contributed by atoms with Crippen LogP contribution >= 0.6 is 0 Å². The standard InChI is InChI=1S/C16H12F3NO4S/c1-24-9-6-7-11(13(21)8-9)14-15(25(22,23)16(17,18)19)10-4-2-3-5-12(10)20-14/h2-8,20-21H,1H3. The van der Waals surface area contributed by atoms with Crippen LogP contribution in [-0.4, -0.2) is 31.1 Å². The highest BCUT2D eigenvalue weighted by Gasteiger charge is 2.49. The van der Waals surface area contributed by atoms with Crippen LogP contribution in [-0.2, 0) is 9.84 Å². The molecule has 2 aromatic carbocycles. The number of ether oxygens (including phenoxy) is 1. The van der Waals surface area contributed by atoms with Crippen LogP contribution in [0.1, 0.15) is 0 Å². The Bertz CT molecular complexity index is 1050. The summed E-state index contributed by atoms with van der Waals surface area (Å²) < 4.78 is 68.6. The van der Waals surface area contributed by atoms with Crippen molar-refractivity contribution >= 4 is 20.7 Å². The molecular weight excluding hydrogens is 359 g/mol. The predicted octanol–water partition coefficient (Wildman–Crippen LogP) is 3.84. The summed E-state index contributed by atoms with van der Waals surface area (Å²) >= 11 is 0. The van der Waals surface area contributed by atoms with Crippen LogP contribution in [0.3, 0.4) is 0 Å². The van der Waals surface area contributed by atoms with Gasteiger partial charge in [0.25, 0.3) is 9.84 Å². The van der Waals surface area contributed by atoms with Gasteiger partial charge in [-0.05, 0) is 18.2 Å². The zero-order valence-electron chi connectivity index (χ0n) is 12.8. The van der Waals surface area contributed by atoms with Crippen LogP contribution in [0.25, 0.3) is 22.2 Å². The highest BCUT2D eigenvalue weighted by atomic mass is 32.2. The fourth-order valence-electron chi connectivity index (χ4n) is 2.55. The summed E-state index contributed by atoms with van der Waals surface area (Å²) in [6.07, 6.45) is 0. The molecule has 0 saturated carbocycles. The van der Waals surface area contributed by atoms with Gasteiger partial charge in [0.2, 0.25) is 0 Å². The first-order valence-electron chi connectivity index (χ1n) is 6.96. The molecule has 0 saturated heterocycles. The van der Waals surface area contributed by atoms with Gasteiger partial charge in [0, 0.05) is 22.5 Å². The van der Waals surface area contributed by atoms with Crippen molar-refractivity contribution in [2.45, 2.75) is 10.4 Å². The molecule has 2 N–H and O–H groups in total. The van der Waals surface area contributed by atoms with Crippen molar-refractivity contribution in [1.82, 2.24) is 4.98 Å². The molecule has 0 radical (unpaired) electrons. The first-order valence-corrected chi connectivity index (χ1v) is 8.44. The number of hydrogen-bond acceptors (Lipinski definition) is 4.